The number of aryl methyl sites for hydroxylation is 2. The molecule has 0 spiro atoms. The van der Waals surface area contributed by atoms with E-state index in [0.717, 1.165) is 31.5 Å². The lowest BCUT2D eigenvalue weighted by molar-refractivity contribution is 0.118. The Bertz CT molecular complexity index is 625. The van der Waals surface area contributed by atoms with Gasteiger partial charge in [0.1, 0.15) is 0 Å². The van der Waals surface area contributed by atoms with Crippen molar-refractivity contribution in [1.82, 2.24) is 19.7 Å². The molecule has 2 atom stereocenters. The van der Waals surface area contributed by atoms with Gasteiger partial charge in [0, 0.05) is 43.8 Å². The molecule has 22 heavy (non-hydrogen) atoms. The Hall–Kier alpha value is -1.72. The van der Waals surface area contributed by atoms with E-state index in [-0.39, 0.29) is 0 Å². The first-order valence-electron chi connectivity index (χ1n) is 7.93. The molecule has 2 unspecified atom stereocenters. The Morgan fingerprint density at radius 2 is 2.23 bits per heavy atom. The molecular formula is C17H24N4O. The van der Waals surface area contributed by atoms with Gasteiger partial charge in [0.2, 0.25) is 0 Å². The first-order chi connectivity index (χ1) is 10.6. The van der Waals surface area contributed by atoms with Crippen molar-refractivity contribution in [2.75, 3.05) is 6.54 Å². The van der Waals surface area contributed by atoms with Crippen LogP contribution in [0.15, 0.2) is 30.9 Å². The minimum absolute atomic E-state index is 0.427. The minimum Gasteiger partial charge on any atom is -0.388 e. The Balaban J connectivity index is 1.63. The summed E-state index contributed by atoms with van der Waals surface area (Å²) in [6.07, 6.45) is 10.2. The van der Waals surface area contributed by atoms with Crippen molar-refractivity contribution in [1.29, 1.82) is 0 Å². The van der Waals surface area contributed by atoms with Gasteiger partial charge < -0.3 is 5.11 Å². The predicted molar refractivity (Wildman–Crippen MR) is 85.2 cm³/mol. The molecule has 0 radical (unpaired) electrons. The lowest BCUT2D eigenvalue weighted by Gasteiger charge is -2.26. The van der Waals surface area contributed by atoms with Gasteiger partial charge in [-0.2, -0.15) is 5.10 Å². The van der Waals surface area contributed by atoms with Crippen LogP contribution in [0.25, 0.3) is 0 Å². The molecule has 5 heteroatoms. The van der Waals surface area contributed by atoms with E-state index in [0.29, 0.717) is 6.04 Å². The first-order valence-corrected chi connectivity index (χ1v) is 7.93. The Labute approximate surface area is 131 Å². The molecule has 1 aliphatic rings. The maximum atomic E-state index is 10.4. The quantitative estimate of drug-likeness (QED) is 0.920. The maximum absolute atomic E-state index is 10.4. The van der Waals surface area contributed by atoms with Crippen LogP contribution in [-0.2, 0) is 13.6 Å². The van der Waals surface area contributed by atoms with Gasteiger partial charge in [-0.3, -0.25) is 14.6 Å². The van der Waals surface area contributed by atoms with Gasteiger partial charge in [-0.25, -0.2) is 0 Å². The molecule has 0 saturated carbocycles. The fourth-order valence-electron chi connectivity index (χ4n) is 3.31. The van der Waals surface area contributed by atoms with Gasteiger partial charge in [0.15, 0.2) is 0 Å². The van der Waals surface area contributed by atoms with E-state index in [2.05, 4.69) is 28.0 Å². The summed E-state index contributed by atoms with van der Waals surface area (Å²) < 4.78 is 1.74. The Morgan fingerprint density at radius 3 is 2.95 bits per heavy atom. The van der Waals surface area contributed by atoms with Crippen molar-refractivity contribution in [3.8, 4) is 0 Å². The van der Waals surface area contributed by atoms with Crippen LogP contribution in [-0.4, -0.2) is 37.4 Å². The van der Waals surface area contributed by atoms with Crippen LogP contribution in [0.4, 0.5) is 0 Å². The molecule has 118 valence electrons. The molecule has 3 heterocycles. The van der Waals surface area contributed by atoms with E-state index < -0.39 is 6.10 Å². The van der Waals surface area contributed by atoms with Crippen molar-refractivity contribution >= 4 is 0 Å². The third-order valence-corrected chi connectivity index (χ3v) is 4.42. The molecule has 0 amide bonds. The van der Waals surface area contributed by atoms with Gasteiger partial charge >= 0.3 is 0 Å². The fourth-order valence-corrected chi connectivity index (χ4v) is 3.31. The fraction of sp³-hybridized carbons (Fsp3) is 0.529. The Morgan fingerprint density at radius 1 is 1.36 bits per heavy atom. The number of rotatable bonds is 5. The van der Waals surface area contributed by atoms with E-state index in [1.54, 1.807) is 10.9 Å². The number of hydrogen-bond acceptors (Lipinski definition) is 4. The second-order valence-electron chi connectivity index (χ2n) is 6.34. The number of pyridine rings is 1. The predicted octanol–water partition coefficient (Wildman–Crippen LogP) is 2.21. The SMILES string of the molecule is Cc1cncc(CN2CCCC2CC(O)c2cnn(C)c2)c1. The standard InChI is InChI=1S/C17H24N4O/c1-13-6-14(9-18-8-13)11-21-5-3-4-16(21)7-17(22)15-10-19-20(2)12-15/h6,8-10,12,16-17,22H,3-5,7,11H2,1-2H3. The second kappa shape index (κ2) is 6.58. The van der Waals surface area contributed by atoms with Gasteiger partial charge in [0.25, 0.3) is 0 Å². The molecule has 1 aliphatic heterocycles. The van der Waals surface area contributed by atoms with Crippen LogP contribution in [0.5, 0.6) is 0 Å². The van der Waals surface area contributed by atoms with Gasteiger partial charge in [0.05, 0.1) is 12.3 Å². The summed E-state index contributed by atoms with van der Waals surface area (Å²) in [6, 6.07) is 2.62. The van der Waals surface area contributed by atoms with E-state index in [4.69, 9.17) is 0 Å². The highest BCUT2D eigenvalue weighted by Crippen LogP contribution is 2.28. The molecule has 1 saturated heterocycles. The lowest BCUT2D eigenvalue weighted by Crippen LogP contribution is -2.30. The normalized spacial score (nSPS) is 20.4. The van der Waals surface area contributed by atoms with Crippen LogP contribution < -0.4 is 0 Å². The largest absolute Gasteiger partial charge is 0.388 e. The zero-order chi connectivity index (χ0) is 15.5. The first kappa shape index (κ1) is 15.2. The van der Waals surface area contributed by atoms with E-state index in [1.807, 2.05) is 25.6 Å². The third kappa shape index (κ3) is 3.54. The van der Waals surface area contributed by atoms with Gasteiger partial charge in [-0.05, 0) is 43.9 Å². The molecule has 0 aliphatic carbocycles. The summed E-state index contributed by atoms with van der Waals surface area (Å²) in [4.78, 5) is 6.74. The van der Waals surface area contributed by atoms with E-state index >= 15 is 0 Å². The molecule has 1 fully saturated rings. The smallest absolute Gasteiger partial charge is 0.0835 e. The highest BCUT2D eigenvalue weighted by molar-refractivity contribution is 5.17. The summed E-state index contributed by atoms with van der Waals surface area (Å²) >= 11 is 0. The number of hydrogen-bond donors (Lipinski definition) is 1. The molecule has 0 aromatic carbocycles. The van der Waals surface area contributed by atoms with Crippen LogP contribution in [0.1, 0.15) is 42.1 Å². The van der Waals surface area contributed by atoms with E-state index in [9.17, 15) is 5.11 Å². The zero-order valence-electron chi connectivity index (χ0n) is 13.3. The monoisotopic (exact) mass is 300 g/mol. The highest BCUT2D eigenvalue weighted by atomic mass is 16.3. The summed E-state index contributed by atoms with van der Waals surface area (Å²) in [7, 11) is 1.88. The molecule has 2 aromatic rings. The van der Waals surface area contributed by atoms with Crippen LogP contribution in [0.3, 0.4) is 0 Å². The average Bonchev–Trinajstić information content (AvgIpc) is 3.09. The second-order valence-corrected chi connectivity index (χ2v) is 6.34. The van der Waals surface area contributed by atoms with Crippen molar-refractivity contribution < 1.29 is 5.11 Å². The van der Waals surface area contributed by atoms with E-state index in [1.165, 1.54) is 17.5 Å². The third-order valence-electron chi connectivity index (χ3n) is 4.42. The van der Waals surface area contributed by atoms with Crippen molar-refractivity contribution in [3.63, 3.8) is 0 Å². The van der Waals surface area contributed by atoms with Gasteiger partial charge in [-0.1, -0.05) is 6.07 Å². The number of aliphatic hydroxyl groups excluding tert-OH is 1. The zero-order valence-corrected chi connectivity index (χ0v) is 13.3. The number of aliphatic hydroxyl groups is 1. The lowest BCUT2D eigenvalue weighted by atomic mass is 10.0. The van der Waals surface area contributed by atoms with Crippen molar-refractivity contribution in [2.24, 2.45) is 7.05 Å². The van der Waals surface area contributed by atoms with Gasteiger partial charge in [-0.15, -0.1) is 0 Å². The van der Waals surface area contributed by atoms with Crippen molar-refractivity contribution in [2.45, 2.75) is 44.9 Å². The number of aromatic nitrogens is 3. The Kier molecular flexibility index (Phi) is 4.55. The topological polar surface area (TPSA) is 54.2 Å². The van der Waals surface area contributed by atoms with Crippen LogP contribution in [0, 0.1) is 6.92 Å². The average molecular weight is 300 g/mol. The molecule has 2 aromatic heterocycles. The van der Waals surface area contributed by atoms with Crippen molar-refractivity contribution in [3.05, 3.63) is 47.5 Å². The van der Waals surface area contributed by atoms with Crippen LogP contribution >= 0.6 is 0 Å². The van der Waals surface area contributed by atoms with Crippen LogP contribution in [0.2, 0.25) is 0 Å². The molecule has 0 bridgehead atoms. The summed E-state index contributed by atoms with van der Waals surface area (Å²) in [5.41, 5.74) is 3.36. The summed E-state index contributed by atoms with van der Waals surface area (Å²) in [5, 5.41) is 14.6. The highest BCUT2D eigenvalue weighted by Gasteiger charge is 2.27. The molecular weight excluding hydrogens is 276 g/mol. The summed E-state index contributed by atoms with van der Waals surface area (Å²) in [5.74, 6) is 0. The molecule has 5 nitrogen and oxygen atoms in total. The number of nitrogens with zero attached hydrogens (tertiary/aromatic N) is 4. The minimum atomic E-state index is -0.435. The molecule has 1 N–H and O–H groups in total. The number of likely N-dealkylation sites (tertiary alicyclic amines) is 1. The summed E-state index contributed by atoms with van der Waals surface area (Å²) in [6.45, 7) is 4.08. The maximum Gasteiger partial charge on any atom is 0.0835 e. The molecule has 3 rings (SSSR count).